The number of hydrogen-bond acceptors (Lipinski definition) is 8. The molecule has 2 heterocycles. The number of sulfonamides is 1. The van der Waals surface area contributed by atoms with E-state index in [1.807, 2.05) is 48.5 Å². The molecule has 196 valence electrons. The van der Waals surface area contributed by atoms with Gasteiger partial charge in [-0.05, 0) is 48.5 Å². The highest BCUT2D eigenvalue weighted by molar-refractivity contribution is 7.92. The monoisotopic (exact) mass is 541 g/mol. The van der Waals surface area contributed by atoms with Gasteiger partial charge in [0.1, 0.15) is 17.9 Å². The molecule has 0 saturated heterocycles. The predicted octanol–water partition coefficient (Wildman–Crippen LogP) is 4.76. The van der Waals surface area contributed by atoms with Gasteiger partial charge in [0, 0.05) is 22.7 Å². The summed E-state index contributed by atoms with van der Waals surface area (Å²) in [5, 5.41) is 3.53. The normalized spacial score (nSPS) is 11.1. The van der Waals surface area contributed by atoms with Crippen LogP contribution in [0.4, 0.5) is 11.5 Å². The summed E-state index contributed by atoms with van der Waals surface area (Å²) in [5.41, 5.74) is 2.83. The molecule has 0 atom stereocenters. The van der Waals surface area contributed by atoms with Crippen molar-refractivity contribution in [2.24, 2.45) is 0 Å². The molecule has 0 fully saturated rings. The Morgan fingerprint density at radius 3 is 2.36 bits per heavy atom. The lowest BCUT2D eigenvalue weighted by atomic mass is 10.0. The van der Waals surface area contributed by atoms with Crippen molar-refractivity contribution in [1.82, 2.24) is 15.0 Å². The van der Waals surface area contributed by atoms with Gasteiger partial charge in [-0.2, -0.15) is 0 Å². The minimum Gasteiger partial charge on any atom is -0.496 e. The molecule has 11 heteroatoms. The lowest BCUT2D eigenvalue weighted by Crippen LogP contribution is -2.15. The van der Waals surface area contributed by atoms with Crippen molar-refractivity contribution in [1.29, 1.82) is 0 Å². The molecule has 3 aromatic carbocycles. The van der Waals surface area contributed by atoms with E-state index in [0.29, 0.717) is 33.6 Å². The van der Waals surface area contributed by atoms with Crippen LogP contribution in [-0.4, -0.2) is 43.5 Å². The zero-order valence-electron chi connectivity index (χ0n) is 21.0. The number of nitrogens with zero attached hydrogens (tertiary/aromatic N) is 3. The van der Waals surface area contributed by atoms with Crippen LogP contribution in [0.15, 0.2) is 96.2 Å². The lowest BCUT2D eigenvalue weighted by molar-refractivity contribution is 0.102. The SMILES string of the molecule is COc1cc(NS(=O)(=O)c2ccc(NC(=O)c3cc(-c4ccccc4OC)nc4ccccc34)cc2)ncn1. The highest BCUT2D eigenvalue weighted by Crippen LogP contribution is 2.31. The van der Waals surface area contributed by atoms with Crippen LogP contribution in [0.5, 0.6) is 11.6 Å². The molecule has 39 heavy (non-hydrogen) atoms. The van der Waals surface area contributed by atoms with Gasteiger partial charge in [0.25, 0.3) is 15.9 Å². The van der Waals surface area contributed by atoms with Gasteiger partial charge in [-0.25, -0.2) is 23.4 Å². The van der Waals surface area contributed by atoms with E-state index in [1.54, 1.807) is 13.2 Å². The number of carbonyl (C=O) groups excluding carboxylic acids is 1. The average Bonchev–Trinajstić information content (AvgIpc) is 2.96. The standard InChI is InChI=1S/C28H23N5O5S/c1-37-25-10-6-4-8-21(25)24-15-22(20-7-3-5-9-23(20)32-24)28(34)31-18-11-13-19(14-12-18)39(35,36)33-26-16-27(38-2)30-17-29-26/h3-17H,1-2H3,(H,31,34)(H,29,30,33). The quantitative estimate of drug-likeness (QED) is 0.287. The Morgan fingerprint density at radius 1 is 0.846 bits per heavy atom. The molecular formula is C28H23N5O5S. The number of rotatable bonds is 8. The molecule has 2 N–H and O–H groups in total. The van der Waals surface area contributed by atoms with Gasteiger partial charge in [-0.15, -0.1) is 0 Å². The topological polar surface area (TPSA) is 132 Å². The van der Waals surface area contributed by atoms with Crippen molar-refractivity contribution in [3.8, 4) is 22.9 Å². The van der Waals surface area contributed by atoms with Crippen LogP contribution >= 0.6 is 0 Å². The number of methoxy groups -OCH3 is 2. The van der Waals surface area contributed by atoms with Crippen LogP contribution in [0.25, 0.3) is 22.2 Å². The highest BCUT2D eigenvalue weighted by atomic mass is 32.2. The Balaban J connectivity index is 1.41. The first-order chi connectivity index (χ1) is 18.9. The molecule has 1 amide bonds. The maximum Gasteiger partial charge on any atom is 0.263 e. The van der Waals surface area contributed by atoms with Crippen molar-refractivity contribution < 1.29 is 22.7 Å². The van der Waals surface area contributed by atoms with E-state index in [-0.39, 0.29) is 22.5 Å². The summed E-state index contributed by atoms with van der Waals surface area (Å²) in [5.74, 6) is 0.553. The van der Waals surface area contributed by atoms with Crippen molar-refractivity contribution >= 4 is 38.3 Å². The molecule has 0 unspecified atom stereocenters. The van der Waals surface area contributed by atoms with Crippen LogP contribution in [0, 0.1) is 0 Å². The van der Waals surface area contributed by atoms with Gasteiger partial charge in [-0.1, -0.05) is 30.3 Å². The van der Waals surface area contributed by atoms with Crippen molar-refractivity contribution in [3.63, 3.8) is 0 Å². The minimum absolute atomic E-state index is 0.00843. The number of anilines is 2. The number of hydrogen-bond donors (Lipinski definition) is 2. The second kappa shape index (κ2) is 10.8. The highest BCUT2D eigenvalue weighted by Gasteiger charge is 2.18. The number of benzene rings is 3. The third kappa shape index (κ3) is 5.48. The zero-order chi connectivity index (χ0) is 27.4. The van der Waals surface area contributed by atoms with Gasteiger partial charge >= 0.3 is 0 Å². The molecule has 0 saturated carbocycles. The van der Waals surface area contributed by atoms with E-state index < -0.39 is 10.0 Å². The molecule has 5 rings (SSSR count). The zero-order valence-corrected chi connectivity index (χ0v) is 21.8. The minimum atomic E-state index is -3.94. The molecule has 2 aromatic heterocycles. The van der Waals surface area contributed by atoms with E-state index >= 15 is 0 Å². The summed E-state index contributed by atoms with van der Waals surface area (Å²) in [6.07, 6.45) is 1.19. The van der Waals surface area contributed by atoms with Crippen molar-refractivity contribution in [3.05, 3.63) is 96.8 Å². The Bertz CT molecular complexity index is 1780. The number of pyridine rings is 1. The summed E-state index contributed by atoms with van der Waals surface area (Å²) in [4.78, 5) is 25.9. The fourth-order valence-corrected chi connectivity index (χ4v) is 4.98. The number of amides is 1. The largest absolute Gasteiger partial charge is 0.496 e. The van der Waals surface area contributed by atoms with Crippen LogP contribution in [-0.2, 0) is 10.0 Å². The van der Waals surface area contributed by atoms with E-state index in [9.17, 15) is 13.2 Å². The van der Waals surface area contributed by atoms with Gasteiger partial charge in [0.2, 0.25) is 5.88 Å². The third-order valence-corrected chi connectivity index (χ3v) is 7.23. The number of para-hydroxylation sites is 2. The fraction of sp³-hybridized carbons (Fsp3) is 0.0714. The van der Waals surface area contributed by atoms with Crippen LogP contribution in [0.3, 0.4) is 0 Å². The number of carbonyl (C=O) groups is 1. The van der Waals surface area contributed by atoms with Crippen molar-refractivity contribution in [2.45, 2.75) is 4.90 Å². The number of ether oxygens (including phenoxy) is 2. The maximum atomic E-state index is 13.4. The van der Waals surface area contributed by atoms with Crippen LogP contribution < -0.4 is 19.5 Å². The number of nitrogens with one attached hydrogen (secondary N) is 2. The molecule has 0 bridgehead atoms. The summed E-state index contributed by atoms with van der Waals surface area (Å²) in [6, 6.07) is 23.7. The second-order valence-electron chi connectivity index (χ2n) is 8.30. The van der Waals surface area contributed by atoms with Crippen LogP contribution in [0.1, 0.15) is 10.4 Å². The maximum absolute atomic E-state index is 13.4. The Kier molecular flexibility index (Phi) is 7.06. The molecule has 0 aliphatic heterocycles. The second-order valence-corrected chi connectivity index (χ2v) is 9.98. The first-order valence-electron chi connectivity index (χ1n) is 11.7. The van der Waals surface area contributed by atoms with Crippen molar-refractivity contribution in [2.75, 3.05) is 24.3 Å². The van der Waals surface area contributed by atoms with Gasteiger partial charge in [0.15, 0.2) is 0 Å². The lowest BCUT2D eigenvalue weighted by Gasteiger charge is -2.13. The number of aromatic nitrogens is 3. The first-order valence-corrected chi connectivity index (χ1v) is 13.2. The number of fused-ring (bicyclic) bond motifs is 1. The summed E-state index contributed by atoms with van der Waals surface area (Å²) in [7, 11) is -0.937. The summed E-state index contributed by atoms with van der Waals surface area (Å²) < 4.78 is 38.5. The van der Waals surface area contributed by atoms with Gasteiger partial charge in [-0.3, -0.25) is 9.52 Å². The molecule has 0 aliphatic carbocycles. The van der Waals surface area contributed by atoms with Gasteiger partial charge < -0.3 is 14.8 Å². The van der Waals surface area contributed by atoms with E-state index in [2.05, 4.69) is 20.0 Å². The van der Waals surface area contributed by atoms with Gasteiger partial charge in [0.05, 0.1) is 35.9 Å². The molecule has 5 aromatic rings. The molecule has 0 spiro atoms. The molecule has 0 aliphatic rings. The fourth-order valence-electron chi connectivity index (χ4n) is 3.98. The Morgan fingerprint density at radius 2 is 1.59 bits per heavy atom. The summed E-state index contributed by atoms with van der Waals surface area (Å²) in [6.45, 7) is 0. The van der Waals surface area contributed by atoms with E-state index in [4.69, 9.17) is 14.5 Å². The first kappa shape index (κ1) is 25.6. The van der Waals surface area contributed by atoms with Crippen LogP contribution in [0.2, 0.25) is 0 Å². The summed E-state index contributed by atoms with van der Waals surface area (Å²) >= 11 is 0. The molecule has 0 radical (unpaired) electrons. The van der Waals surface area contributed by atoms with E-state index in [0.717, 1.165) is 5.56 Å². The smallest absolute Gasteiger partial charge is 0.263 e. The van der Waals surface area contributed by atoms with E-state index in [1.165, 1.54) is 43.8 Å². The Hall–Kier alpha value is -5.03. The predicted molar refractivity (Wildman–Crippen MR) is 148 cm³/mol. The average molecular weight is 542 g/mol. The third-order valence-electron chi connectivity index (χ3n) is 5.86. The Labute approximate surface area is 224 Å². The molecular weight excluding hydrogens is 518 g/mol. The molecule has 10 nitrogen and oxygen atoms in total.